The summed E-state index contributed by atoms with van der Waals surface area (Å²) in [7, 11) is 0. The van der Waals surface area contributed by atoms with Crippen molar-refractivity contribution in [3.63, 3.8) is 0 Å². The summed E-state index contributed by atoms with van der Waals surface area (Å²) in [4.78, 5) is 24.4. The van der Waals surface area contributed by atoms with E-state index in [2.05, 4.69) is 0 Å². The second kappa shape index (κ2) is 6.05. The molecule has 4 nitrogen and oxygen atoms in total. The zero-order valence-corrected chi connectivity index (χ0v) is 11.8. The maximum absolute atomic E-state index is 12.5. The molecule has 0 saturated carbocycles. The molecular formula is C13H14F3NO3S. The summed E-state index contributed by atoms with van der Waals surface area (Å²) in [5.41, 5.74) is 0.744. The van der Waals surface area contributed by atoms with Crippen LogP contribution in [0.15, 0.2) is 11.4 Å². The number of carboxylic acid groups (broad SMARTS) is 1. The van der Waals surface area contributed by atoms with Crippen molar-refractivity contribution in [2.24, 2.45) is 0 Å². The second-order valence-electron chi connectivity index (χ2n) is 4.95. The average molecular weight is 321 g/mol. The Balaban J connectivity index is 2.21. The van der Waals surface area contributed by atoms with E-state index in [1.54, 1.807) is 6.07 Å². The first-order valence-corrected chi connectivity index (χ1v) is 7.29. The van der Waals surface area contributed by atoms with Crippen LogP contribution in [0.2, 0.25) is 0 Å². The smallest absolute Gasteiger partial charge is 0.406 e. The van der Waals surface area contributed by atoms with Crippen LogP contribution in [0.1, 0.15) is 29.2 Å². The number of thiophene rings is 1. The summed E-state index contributed by atoms with van der Waals surface area (Å²) in [6.45, 7) is -2.47. The van der Waals surface area contributed by atoms with Crippen molar-refractivity contribution >= 4 is 23.2 Å². The third kappa shape index (κ3) is 3.96. The molecule has 1 amide bonds. The number of aliphatic carboxylic acids is 1. The van der Waals surface area contributed by atoms with Gasteiger partial charge < -0.3 is 10.0 Å². The summed E-state index contributed by atoms with van der Waals surface area (Å²) in [5.74, 6) is -2.87. The number of alkyl halides is 3. The van der Waals surface area contributed by atoms with Gasteiger partial charge >= 0.3 is 12.1 Å². The number of fused-ring (bicyclic) bond motifs is 1. The highest BCUT2D eigenvalue weighted by Crippen LogP contribution is 2.36. The number of nitrogens with zero attached hydrogens (tertiary/aromatic N) is 1. The van der Waals surface area contributed by atoms with E-state index in [4.69, 9.17) is 5.11 Å². The first-order valence-electron chi connectivity index (χ1n) is 6.41. The molecule has 21 heavy (non-hydrogen) atoms. The number of amides is 1. The maximum atomic E-state index is 12.5. The van der Waals surface area contributed by atoms with Crippen molar-refractivity contribution in [3.8, 4) is 0 Å². The van der Waals surface area contributed by atoms with Gasteiger partial charge in [-0.05, 0) is 36.3 Å². The Morgan fingerprint density at radius 2 is 2.14 bits per heavy atom. The standard InChI is InChI=1S/C13H14F3NO3S/c14-13(15,16)7-17(6-11(18)19)12(20)9-2-1-3-10-8(9)4-5-21-10/h4-5,9H,1-3,6-7H2,(H,18,19). The van der Waals surface area contributed by atoms with Crippen LogP contribution in [-0.4, -0.2) is 41.1 Å². The minimum Gasteiger partial charge on any atom is -0.480 e. The highest BCUT2D eigenvalue weighted by molar-refractivity contribution is 7.10. The predicted molar refractivity (Wildman–Crippen MR) is 70.3 cm³/mol. The lowest BCUT2D eigenvalue weighted by atomic mass is 9.86. The molecule has 1 heterocycles. The van der Waals surface area contributed by atoms with Crippen LogP contribution in [0.4, 0.5) is 13.2 Å². The topological polar surface area (TPSA) is 57.6 Å². The van der Waals surface area contributed by atoms with Crippen molar-refractivity contribution < 1.29 is 27.9 Å². The maximum Gasteiger partial charge on any atom is 0.406 e. The Morgan fingerprint density at radius 1 is 1.43 bits per heavy atom. The van der Waals surface area contributed by atoms with Gasteiger partial charge in [0.15, 0.2) is 0 Å². The lowest BCUT2D eigenvalue weighted by molar-refractivity contribution is -0.166. The lowest BCUT2D eigenvalue weighted by Gasteiger charge is -2.29. The summed E-state index contributed by atoms with van der Waals surface area (Å²) in [6, 6.07) is 1.74. The Hall–Kier alpha value is -1.57. The van der Waals surface area contributed by atoms with E-state index in [-0.39, 0.29) is 0 Å². The van der Waals surface area contributed by atoms with Crippen molar-refractivity contribution in [3.05, 3.63) is 21.9 Å². The lowest BCUT2D eigenvalue weighted by Crippen LogP contribution is -2.44. The molecule has 0 aromatic carbocycles. The number of carboxylic acids is 1. The normalized spacial score (nSPS) is 18.1. The van der Waals surface area contributed by atoms with Crippen molar-refractivity contribution in [1.82, 2.24) is 4.90 Å². The van der Waals surface area contributed by atoms with Gasteiger partial charge in [-0.25, -0.2) is 0 Å². The number of carbonyl (C=O) groups excluding carboxylic acids is 1. The van der Waals surface area contributed by atoms with Crippen molar-refractivity contribution in [1.29, 1.82) is 0 Å². The number of carbonyl (C=O) groups is 2. The van der Waals surface area contributed by atoms with E-state index in [0.29, 0.717) is 11.3 Å². The summed E-state index contributed by atoms with van der Waals surface area (Å²) in [5, 5.41) is 10.5. The SMILES string of the molecule is O=C(O)CN(CC(F)(F)F)C(=O)C1CCCc2sccc21. The Kier molecular flexibility index (Phi) is 4.55. The molecule has 1 aliphatic rings. The molecule has 0 bridgehead atoms. The molecule has 8 heteroatoms. The highest BCUT2D eigenvalue weighted by Gasteiger charge is 2.38. The first-order chi connectivity index (χ1) is 9.78. The molecule has 116 valence electrons. The molecule has 2 rings (SSSR count). The monoisotopic (exact) mass is 321 g/mol. The predicted octanol–water partition coefficient (Wildman–Crippen LogP) is 2.64. The third-order valence-electron chi connectivity index (χ3n) is 3.36. The number of rotatable bonds is 4. The summed E-state index contributed by atoms with van der Waals surface area (Å²) in [6.07, 6.45) is -2.63. The molecule has 1 aliphatic carbocycles. The summed E-state index contributed by atoms with van der Waals surface area (Å²) < 4.78 is 37.6. The molecule has 1 atom stereocenters. The van der Waals surface area contributed by atoms with Gasteiger partial charge in [0.05, 0.1) is 5.92 Å². The van der Waals surface area contributed by atoms with Gasteiger partial charge in [-0.1, -0.05) is 0 Å². The van der Waals surface area contributed by atoms with Gasteiger partial charge in [-0.2, -0.15) is 13.2 Å². The van der Waals surface area contributed by atoms with Crippen molar-refractivity contribution in [2.75, 3.05) is 13.1 Å². The van der Waals surface area contributed by atoms with Crippen LogP contribution >= 0.6 is 11.3 Å². The molecule has 1 aromatic rings. The number of halogens is 3. The molecule has 0 fully saturated rings. The third-order valence-corrected chi connectivity index (χ3v) is 4.35. The highest BCUT2D eigenvalue weighted by atomic mass is 32.1. The molecule has 0 saturated heterocycles. The van der Waals surface area contributed by atoms with Gasteiger partial charge in [0.25, 0.3) is 0 Å². The van der Waals surface area contributed by atoms with Crippen LogP contribution in [-0.2, 0) is 16.0 Å². The second-order valence-corrected chi connectivity index (χ2v) is 5.95. The van der Waals surface area contributed by atoms with Gasteiger partial charge in [0.2, 0.25) is 5.91 Å². The van der Waals surface area contributed by atoms with Crippen LogP contribution in [0.25, 0.3) is 0 Å². The van der Waals surface area contributed by atoms with E-state index in [1.807, 2.05) is 5.38 Å². The first kappa shape index (κ1) is 15.8. The molecule has 0 spiro atoms. The van der Waals surface area contributed by atoms with Crippen LogP contribution in [0.5, 0.6) is 0 Å². The zero-order valence-electron chi connectivity index (χ0n) is 11.0. The Labute approximate surface area is 123 Å². The molecule has 1 unspecified atom stereocenters. The largest absolute Gasteiger partial charge is 0.480 e. The fourth-order valence-electron chi connectivity index (χ4n) is 2.55. The van der Waals surface area contributed by atoms with Gasteiger partial charge in [-0.3, -0.25) is 9.59 Å². The number of aryl methyl sites for hydroxylation is 1. The zero-order chi connectivity index (χ0) is 15.6. The van der Waals surface area contributed by atoms with Crippen LogP contribution < -0.4 is 0 Å². The fourth-order valence-corrected chi connectivity index (χ4v) is 3.54. The molecule has 1 N–H and O–H groups in total. The fraction of sp³-hybridized carbons (Fsp3) is 0.538. The molecule has 1 aromatic heterocycles. The van der Waals surface area contributed by atoms with Crippen LogP contribution in [0, 0.1) is 0 Å². The minimum absolute atomic E-state index is 0.389. The van der Waals surface area contributed by atoms with Crippen molar-refractivity contribution in [2.45, 2.75) is 31.4 Å². The number of hydrogen-bond donors (Lipinski definition) is 1. The van der Waals surface area contributed by atoms with E-state index < -0.39 is 37.1 Å². The van der Waals surface area contributed by atoms with Gasteiger partial charge in [0, 0.05) is 4.88 Å². The van der Waals surface area contributed by atoms with E-state index in [1.165, 1.54) is 11.3 Å². The van der Waals surface area contributed by atoms with Crippen LogP contribution in [0.3, 0.4) is 0 Å². The molecule has 0 radical (unpaired) electrons. The summed E-state index contributed by atoms with van der Waals surface area (Å²) >= 11 is 1.48. The van der Waals surface area contributed by atoms with Gasteiger partial charge in [-0.15, -0.1) is 11.3 Å². The number of hydrogen-bond acceptors (Lipinski definition) is 3. The molecule has 0 aliphatic heterocycles. The van der Waals surface area contributed by atoms with E-state index in [0.717, 1.165) is 23.3 Å². The average Bonchev–Trinajstić information content (AvgIpc) is 2.82. The van der Waals surface area contributed by atoms with E-state index >= 15 is 0 Å². The van der Waals surface area contributed by atoms with E-state index in [9.17, 15) is 22.8 Å². The minimum atomic E-state index is -4.61. The molecular weight excluding hydrogens is 307 g/mol. The quantitative estimate of drug-likeness (QED) is 0.927. The Bertz CT molecular complexity index is 541. The Morgan fingerprint density at radius 3 is 2.76 bits per heavy atom. The van der Waals surface area contributed by atoms with Gasteiger partial charge in [0.1, 0.15) is 13.1 Å².